The lowest BCUT2D eigenvalue weighted by atomic mass is 10.2. The third-order valence-electron chi connectivity index (χ3n) is 4.16. The Kier molecular flexibility index (Phi) is 6.75. The summed E-state index contributed by atoms with van der Waals surface area (Å²) in [6.45, 7) is 8.28. The van der Waals surface area contributed by atoms with Crippen LogP contribution in [0.3, 0.4) is 0 Å². The molecule has 1 atom stereocenters. The van der Waals surface area contributed by atoms with E-state index in [1.165, 1.54) is 23.4 Å². The predicted molar refractivity (Wildman–Crippen MR) is 111 cm³/mol. The van der Waals surface area contributed by atoms with E-state index in [9.17, 15) is 4.39 Å². The highest BCUT2D eigenvalue weighted by molar-refractivity contribution is 7.98. The molecule has 0 N–H and O–H groups in total. The topological polar surface area (TPSA) is 39.9 Å². The summed E-state index contributed by atoms with van der Waals surface area (Å²) in [6, 6.07) is 12.5. The standard InChI is InChI=1S/C21H21ClFN3OS/c1-4-12-26-20(15(3)27-16-10-8-14(2)9-11-16)24-25-21(26)28-13-17-18(22)6-5-7-19(17)23/h4-11,15H,1,12-13H2,2-3H3. The fourth-order valence-electron chi connectivity index (χ4n) is 2.69. The maximum absolute atomic E-state index is 14.0. The minimum absolute atomic E-state index is 0.304. The zero-order chi connectivity index (χ0) is 20.1. The Morgan fingerprint density at radius 1 is 1.25 bits per heavy atom. The van der Waals surface area contributed by atoms with Crippen molar-refractivity contribution in [2.45, 2.75) is 37.4 Å². The Morgan fingerprint density at radius 3 is 2.68 bits per heavy atom. The predicted octanol–water partition coefficient (Wildman–Crippen LogP) is 6.00. The van der Waals surface area contributed by atoms with E-state index in [1.807, 2.05) is 42.7 Å². The van der Waals surface area contributed by atoms with E-state index in [4.69, 9.17) is 16.3 Å². The summed E-state index contributed by atoms with van der Waals surface area (Å²) in [6.07, 6.45) is 1.47. The molecule has 4 nitrogen and oxygen atoms in total. The average Bonchev–Trinajstić information content (AvgIpc) is 3.06. The highest BCUT2D eigenvalue weighted by atomic mass is 35.5. The molecule has 0 spiro atoms. The van der Waals surface area contributed by atoms with Crippen molar-refractivity contribution in [3.8, 4) is 5.75 Å². The van der Waals surface area contributed by atoms with E-state index in [-0.39, 0.29) is 11.9 Å². The van der Waals surface area contributed by atoms with Crippen molar-refractivity contribution in [1.82, 2.24) is 14.8 Å². The molecule has 0 saturated heterocycles. The molecule has 0 fully saturated rings. The summed E-state index contributed by atoms with van der Waals surface area (Å²) < 4.78 is 22.0. The second-order valence-electron chi connectivity index (χ2n) is 6.30. The molecular weight excluding hydrogens is 397 g/mol. The fourth-order valence-corrected chi connectivity index (χ4v) is 3.99. The van der Waals surface area contributed by atoms with Crippen molar-refractivity contribution in [1.29, 1.82) is 0 Å². The lowest BCUT2D eigenvalue weighted by molar-refractivity contribution is 0.210. The zero-order valence-corrected chi connectivity index (χ0v) is 17.3. The van der Waals surface area contributed by atoms with E-state index in [0.717, 1.165) is 5.75 Å². The van der Waals surface area contributed by atoms with Gasteiger partial charge in [-0.05, 0) is 38.1 Å². The molecule has 3 rings (SSSR count). The summed E-state index contributed by atoms with van der Waals surface area (Å²) in [5.74, 6) is 1.47. The van der Waals surface area contributed by atoms with E-state index in [2.05, 4.69) is 16.8 Å². The molecule has 0 saturated carbocycles. The van der Waals surface area contributed by atoms with Gasteiger partial charge in [-0.2, -0.15) is 0 Å². The highest BCUT2D eigenvalue weighted by Crippen LogP contribution is 2.30. The maximum atomic E-state index is 14.0. The highest BCUT2D eigenvalue weighted by Gasteiger charge is 2.20. The Bertz CT molecular complexity index is 939. The van der Waals surface area contributed by atoms with Crippen molar-refractivity contribution in [2.75, 3.05) is 0 Å². The van der Waals surface area contributed by atoms with Crippen LogP contribution in [0.1, 0.15) is 30.0 Å². The molecule has 0 radical (unpaired) electrons. The SMILES string of the molecule is C=CCn1c(SCc2c(F)cccc2Cl)nnc1C(C)Oc1ccc(C)cc1. The maximum Gasteiger partial charge on any atom is 0.191 e. The smallest absolute Gasteiger partial charge is 0.191 e. The molecule has 0 bridgehead atoms. The molecule has 3 aromatic rings. The van der Waals surface area contributed by atoms with Crippen LogP contribution in [0.15, 0.2) is 60.3 Å². The van der Waals surface area contributed by atoms with E-state index in [0.29, 0.717) is 33.9 Å². The molecule has 2 aromatic carbocycles. The number of hydrogen-bond donors (Lipinski definition) is 0. The Hall–Kier alpha value is -2.31. The van der Waals surface area contributed by atoms with Crippen molar-refractivity contribution in [3.05, 3.63) is 82.9 Å². The molecule has 0 aliphatic carbocycles. The second kappa shape index (κ2) is 9.26. The largest absolute Gasteiger partial charge is 0.483 e. The molecule has 0 amide bonds. The number of hydrogen-bond acceptors (Lipinski definition) is 4. The molecule has 28 heavy (non-hydrogen) atoms. The molecule has 1 unspecified atom stereocenters. The van der Waals surface area contributed by atoms with E-state index in [1.54, 1.807) is 18.2 Å². The number of ether oxygens (including phenoxy) is 1. The number of nitrogens with zero attached hydrogens (tertiary/aromatic N) is 3. The van der Waals surface area contributed by atoms with Gasteiger partial charge < -0.3 is 4.74 Å². The van der Waals surface area contributed by atoms with Crippen molar-refractivity contribution in [3.63, 3.8) is 0 Å². The first-order valence-corrected chi connectivity index (χ1v) is 10.2. The molecular formula is C21H21ClFN3OS. The number of thioether (sulfide) groups is 1. The van der Waals surface area contributed by atoms with E-state index < -0.39 is 0 Å². The molecule has 1 aromatic heterocycles. The minimum Gasteiger partial charge on any atom is -0.483 e. The van der Waals surface area contributed by atoms with Gasteiger partial charge >= 0.3 is 0 Å². The van der Waals surface area contributed by atoms with Crippen LogP contribution >= 0.6 is 23.4 Å². The van der Waals surface area contributed by atoms with Crippen molar-refractivity contribution in [2.24, 2.45) is 0 Å². The second-order valence-corrected chi connectivity index (χ2v) is 7.65. The first-order chi connectivity index (χ1) is 13.5. The van der Waals surface area contributed by atoms with Gasteiger partial charge in [0.1, 0.15) is 11.6 Å². The lowest BCUT2D eigenvalue weighted by Gasteiger charge is -2.16. The number of benzene rings is 2. The van der Waals surface area contributed by atoms with Crippen LogP contribution in [-0.4, -0.2) is 14.8 Å². The monoisotopic (exact) mass is 417 g/mol. The summed E-state index contributed by atoms with van der Waals surface area (Å²) >= 11 is 7.50. The van der Waals surface area contributed by atoms with E-state index >= 15 is 0 Å². The van der Waals surface area contributed by atoms with Gasteiger partial charge in [-0.15, -0.1) is 16.8 Å². The Labute approximate surface area is 173 Å². The van der Waals surface area contributed by atoms with Crippen molar-refractivity contribution >= 4 is 23.4 Å². The van der Waals surface area contributed by atoms with Crippen LogP contribution in [0.2, 0.25) is 5.02 Å². The first-order valence-electron chi connectivity index (χ1n) is 8.82. The Balaban J connectivity index is 1.78. The van der Waals surface area contributed by atoms with Gasteiger partial charge in [0.25, 0.3) is 0 Å². The van der Waals surface area contributed by atoms with Gasteiger partial charge in [-0.3, -0.25) is 4.57 Å². The first kappa shape index (κ1) is 20.4. The number of allylic oxidation sites excluding steroid dienone is 1. The quantitative estimate of drug-likeness (QED) is 0.333. The van der Waals surface area contributed by atoms with Crippen LogP contribution in [0, 0.1) is 12.7 Å². The molecule has 1 heterocycles. The van der Waals surface area contributed by atoms with Gasteiger partial charge in [0.15, 0.2) is 17.1 Å². The molecule has 146 valence electrons. The van der Waals surface area contributed by atoms with Crippen LogP contribution in [0.5, 0.6) is 5.75 Å². The van der Waals surface area contributed by atoms with Crippen LogP contribution in [-0.2, 0) is 12.3 Å². The summed E-state index contributed by atoms with van der Waals surface area (Å²) in [5, 5.41) is 9.63. The average molecular weight is 418 g/mol. The molecule has 0 aliphatic rings. The van der Waals surface area contributed by atoms with Gasteiger partial charge in [0.2, 0.25) is 0 Å². The van der Waals surface area contributed by atoms with Crippen LogP contribution in [0.4, 0.5) is 4.39 Å². The molecule has 0 aliphatic heterocycles. The number of halogens is 2. The molecule has 7 heteroatoms. The van der Waals surface area contributed by atoms with Crippen LogP contribution in [0.25, 0.3) is 0 Å². The Morgan fingerprint density at radius 2 is 2.00 bits per heavy atom. The summed E-state index contributed by atoms with van der Waals surface area (Å²) in [4.78, 5) is 0. The zero-order valence-electron chi connectivity index (χ0n) is 15.7. The normalized spacial score (nSPS) is 12.0. The van der Waals surface area contributed by atoms with Crippen molar-refractivity contribution < 1.29 is 9.13 Å². The van der Waals surface area contributed by atoms with Gasteiger partial charge in [0, 0.05) is 22.9 Å². The summed E-state index contributed by atoms with van der Waals surface area (Å²) in [7, 11) is 0. The van der Waals surface area contributed by atoms with Crippen LogP contribution < -0.4 is 4.74 Å². The summed E-state index contributed by atoms with van der Waals surface area (Å²) in [5.41, 5.74) is 1.62. The van der Waals surface area contributed by atoms with Gasteiger partial charge in [-0.1, -0.05) is 53.2 Å². The third-order valence-corrected chi connectivity index (χ3v) is 5.51. The van der Waals surface area contributed by atoms with Gasteiger partial charge in [0.05, 0.1) is 0 Å². The number of aryl methyl sites for hydroxylation is 1. The number of aromatic nitrogens is 3. The fraction of sp³-hybridized carbons (Fsp3) is 0.238. The third kappa shape index (κ3) is 4.75. The number of rotatable bonds is 8. The van der Waals surface area contributed by atoms with Gasteiger partial charge in [-0.25, -0.2) is 4.39 Å². The minimum atomic E-state index is -0.328. The lowest BCUT2D eigenvalue weighted by Crippen LogP contribution is -2.12.